The molecule has 1 aliphatic rings. The lowest BCUT2D eigenvalue weighted by atomic mass is 9.90. The maximum absolute atomic E-state index is 10.3. The second-order valence-electron chi connectivity index (χ2n) is 4.92. The van der Waals surface area contributed by atoms with E-state index in [0.717, 1.165) is 32.1 Å². The summed E-state index contributed by atoms with van der Waals surface area (Å²) in [6.07, 6.45) is 5.20. The number of hydrogen-bond acceptors (Lipinski definition) is 2. The first-order valence-electron chi connectivity index (χ1n) is 6.21. The van der Waals surface area contributed by atoms with Gasteiger partial charge in [0.1, 0.15) is 0 Å². The second-order valence-corrected chi connectivity index (χ2v) is 4.92. The Hall–Kier alpha value is -0.860. The Bertz CT molecular complexity index is 321. The van der Waals surface area contributed by atoms with E-state index in [2.05, 4.69) is 24.3 Å². The van der Waals surface area contributed by atoms with Crippen LogP contribution in [0.4, 0.5) is 0 Å². The van der Waals surface area contributed by atoms with Gasteiger partial charge in [0.15, 0.2) is 0 Å². The Balaban J connectivity index is 1.79. The van der Waals surface area contributed by atoms with Crippen LogP contribution in [0.1, 0.15) is 31.2 Å². The van der Waals surface area contributed by atoms with Crippen LogP contribution in [-0.2, 0) is 6.42 Å². The molecular formula is C14H21NO. The molecule has 1 unspecified atom stereocenters. The lowest BCUT2D eigenvalue weighted by Crippen LogP contribution is -2.40. The molecule has 2 heteroatoms. The maximum Gasteiger partial charge on any atom is 0.0797 e. The third-order valence-corrected chi connectivity index (χ3v) is 3.61. The Kier molecular flexibility index (Phi) is 3.62. The van der Waals surface area contributed by atoms with Crippen LogP contribution in [0.3, 0.4) is 0 Å². The van der Waals surface area contributed by atoms with E-state index < -0.39 is 5.60 Å². The summed E-state index contributed by atoms with van der Waals surface area (Å²) < 4.78 is 0. The van der Waals surface area contributed by atoms with Crippen molar-refractivity contribution in [2.45, 2.75) is 37.7 Å². The molecule has 0 heterocycles. The summed E-state index contributed by atoms with van der Waals surface area (Å²) >= 11 is 0. The van der Waals surface area contributed by atoms with Crippen molar-refractivity contribution in [3.63, 3.8) is 0 Å². The smallest absolute Gasteiger partial charge is 0.0797 e. The van der Waals surface area contributed by atoms with Crippen LogP contribution in [0.15, 0.2) is 30.3 Å². The summed E-state index contributed by atoms with van der Waals surface area (Å²) in [5.74, 6) is 0.466. The molecule has 0 saturated heterocycles. The predicted octanol–water partition coefficient (Wildman–Crippen LogP) is 2.11. The monoisotopic (exact) mass is 219 g/mol. The maximum atomic E-state index is 10.3. The molecule has 0 spiro atoms. The fraction of sp³-hybridized carbons (Fsp3) is 0.571. The van der Waals surface area contributed by atoms with Crippen LogP contribution in [0.2, 0.25) is 0 Å². The van der Waals surface area contributed by atoms with Crippen molar-refractivity contribution in [1.82, 2.24) is 0 Å². The van der Waals surface area contributed by atoms with E-state index in [0.29, 0.717) is 12.5 Å². The van der Waals surface area contributed by atoms with E-state index in [-0.39, 0.29) is 0 Å². The first-order valence-corrected chi connectivity index (χ1v) is 6.21. The van der Waals surface area contributed by atoms with E-state index >= 15 is 0 Å². The van der Waals surface area contributed by atoms with Crippen LogP contribution in [0, 0.1) is 5.92 Å². The van der Waals surface area contributed by atoms with Crippen molar-refractivity contribution in [1.29, 1.82) is 0 Å². The zero-order valence-electron chi connectivity index (χ0n) is 9.73. The quantitative estimate of drug-likeness (QED) is 0.769. The molecule has 1 fully saturated rings. The van der Waals surface area contributed by atoms with Crippen LogP contribution in [0.25, 0.3) is 0 Å². The van der Waals surface area contributed by atoms with Gasteiger partial charge < -0.3 is 10.8 Å². The van der Waals surface area contributed by atoms with Crippen molar-refractivity contribution in [2.24, 2.45) is 11.7 Å². The van der Waals surface area contributed by atoms with Gasteiger partial charge in [0.25, 0.3) is 0 Å². The van der Waals surface area contributed by atoms with E-state index in [1.165, 1.54) is 5.56 Å². The van der Waals surface area contributed by atoms with Gasteiger partial charge >= 0.3 is 0 Å². The molecule has 1 saturated carbocycles. The first kappa shape index (κ1) is 11.6. The van der Waals surface area contributed by atoms with Gasteiger partial charge in [-0.3, -0.25) is 0 Å². The Morgan fingerprint density at radius 3 is 2.50 bits per heavy atom. The van der Waals surface area contributed by atoms with Gasteiger partial charge in [0.2, 0.25) is 0 Å². The van der Waals surface area contributed by atoms with Gasteiger partial charge in [-0.25, -0.2) is 0 Å². The van der Waals surface area contributed by atoms with Gasteiger partial charge in [-0.05, 0) is 43.6 Å². The Labute approximate surface area is 97.5 Å². The molecule has 1 aliphatic carbocycles. The number of aryl methyl sites for hydroxylation is 1. The minimum absolute atomic E-state index is 0.409. The Morgan fingerprint density at radius 2 is 1.94 bits per heavy atom. The number of hydrogen-bond donors (Lipinski definition) is 2. The number of rotatable bonds is 6. The summed E-state index contributed by atoms with van der Waals surface area (Å²) in [5.41, 5.74) is 6.43. The minimum Gasteiger partial charge on any atom is -0.388 e. The molecule has 0 amide bonds. The number of aliphatic hydroxyl groups is 1. The molecule has 88 valence electrons. The molecule has 0 bridgehead atoms. The van der Waals surface area contributed by atoms with Gasteiger partial charge in [-0.2, -0.15) is 0 Å². The van der Waals surface area contributed by atoms with Crippen LogP contribution in [0.5, 0.6) is 0 Å². The lowest BCUT2D eigenvalue weighted by Gasteiger charge is -2.26. The standard InChI is InChI=1S/C14H21NO/c15-11-14(16,13-8-9-13)10-4-7-12-5-2-1-3-6-12/h1-3,5-6,13,16H,4,7-11,15H2. The van der Waals surface area contributed by atoms with E-state index in [1.54, 1.807) is 0 Å². The third kappa shape index (κ3) is 2.83. The number of nitrogens with two attached hydrogens (primary N) is 1. The third-order valence-electron chi connectivity index (χ3n) is 3.61. The molecule has 1 aromatic rings. The molecule has 2 nitrogen and oxygen atoms in total. The summed E-state index contributed by atoms with van der Waals surface area (Å²) in [6.45, 7) is 0.409. The van der Waals surface area contributed by atoms with Crippen LogP contribution < -0.4 is 5.73 Å². The number of benzene rings is 1. The molecule has 0 aliphatic heterocycles. The first-order chi connectivity index (χ1) is 7.74. The zero-order valence-corrected chi connectivity index (χ0v) is 9.73. The highest BCUT2D eigenvalue weighted by atomic mass is 16.3. The van der Waals surface area contributed by atoms with Crippen molar-refractivity contribution in [3.8, 4) is 0 Å². The molecule has 3 N–H and O–H groups in total. The van der Waals surface area contributed by atoms with Crippen molar-refractivity contribution in [3.05, 3.63) is 35.9 Å². The molecule has 0 radical (unpaired) electrons. The van der Waals surface area contributed by atoms with Gasteiger partial charge in [-0.1, -0.05) is 30.3 Å². The van der Waals surface area contributed by atoms with Crippen LogP contribution in [-0.4, -0.2) is 17.3 Å². The second kappa shape index (κ2) is 4.98. The fourth-order valence-electron chi connectivity index (χ4n) is 2.34. The molecular weight excluding hydrogens is 198 g/mol. The lowest BCUT2D eigenvalue weighted by molar-refractivity contribution is 0.0161. The van der Waals surface area contributed by atoms with Gasteiger partial charge in [-0.15, -0.1) is 0 Å². The normalized spacial score (nSPS) is 19.4. The highest BCUT2D eigenvalue weighted by Crippen LogP contribution is 2.41. The van der Waals surface area contributed by atoms with E-state index in [1.807, 2.05) is 6.07 Å². The average molecular weight is 219 g/mol. The summed E-state index contributed by atoms with van der Waals surface area (Å²) in [7, 11) is 0. The zero-order chi connectivity index (χ0) is 11.4. The van der Waals surface area contributed by atoms with Gasteiger partial charge in [0.05, 0.1) is 5.60 Å². The molecule has 0 aromatic heterocycles. The van der Waals surface area contributed by atoms with E-state index in [9.17, 15) is 5.11 Å². The summed E-state index contributed by atoms with van der Waals surface area (Å²) in [4.78, 5) is 0. The Morgan fingerprint density at radius 1 is 1.25 bits per heavy atom. The van der Waals surface area contributed by atoms with Crippen LogP contribution >= 0.6 is 0 Å². The van der Waals surface area contributed by atoms with Crippen molar-refractivity contribution < 1.29 is 5.11 Å². The average Bonchev–Trinajstić information content (AvgIpc) is 3.14. The summed E-state index contributed by atoms with van der Waals surface area (Å²) in [6, 6.07) is 10.4. The highest BCUT2D eigenvalue weighted by molar-refractivity contribution is 5.14. The van der Waals surface area contributed by atoms with Crippen molar-refractivity contribution >= 4 is 0 Å². The summed E-state index contributed by atoms with van der Waals surface area (Å²) in [5, 5.41) is 10.3. The minimum atomic E-state index is -0.589. The van der Waals surface area contributed by atoms with Crippen molar-refractivity contribution in [2.75, 3.05) is 6.54 Å². The fourth-order valence-corrected chi connectivity index (χ4v) is 2.34. The predicted molar refractivity (Wildman–Crippen MR) is 66.1 cm³/mol. The molecule has 1 aromatic carbocycles. The van der Waals surface area contributed by atoms with E-state index in [4.69, 9.17) is 5.73 Å². The molecule has 16 heavy (non-hydrogen) atoms. The topological polar surface area (TPSA) is 46.2 Å². The molecule has 2 rings (SSSR count). The SMILES string of the molecule is NCC(O)(CCCc1ccccc1)C1CC1. The molecule has 1 atom stereocenters. The highest BCUT2D eigenvalue weighted by Gasteiger charge is 2.41. The van der Waals surface area contributed by atoms with Gasteiger partial charge in [0, 0.05) is 6.54 Å². The largest absolute Gasteiger partial charge is 0.388 e.